The number of carbonyl (C=O) groups excluding carboxylic acids is 2. The van der Waals surface area contributed by atoms with Crippen molar-refractivity contribution in [3.8, 4) is 0 Å². The Hall–Kier alpha value is -3.24. The van der Waals surface area contributed by atoms with Gasteiger partial charge in [0, 0.05) is 55.3 Å². The highest BCUT2D eigenvalue weighted by molar-refractivity contribution is 7.80. The second-order valence-electron chi connectivity index (χ2n) is 7.10. The second kappa shape index (κ2) is 10.4. The van der Waals surface area contributed by atoms with E-state index in [2.05, 4.69) is 15.5 Å². The van der Waals surface area contributed by atoms with E-state index in [0.717, 1.165) is 5.69 Å². The summed E-state index contributed by atoms with van der Waals surface area (Å²) in [5, 5.41) is 17.0. The Morgan fingerprint density at radius 3 is 2.53 bits per heavy atom. The number of nitrogens with zero attached hydrogens (tertiary/aromatic N) is 3. The summed E-state index contributed by atoms with van der Waals surface area (Å²) < 4.78 is 0. The lowest BCUT2D eigenvalue weighted by molar-refractivity contribution is -0.384. The highest BCUT2D eigenvalue weighted by atomic mass is 35.5. The fourth-order valence-electron chi connectivity index (χ4n) is 3.39. The molecule has 2 aromatic carbocycles. The number of hydrogen-bond acceptors (Lipinski definition) is 6. The molecule has 0 bridgehead atoms. The fourth-order valence-corrected chi connectivity index (χ4v) is 3.77. The van der Waals surface area contributed by atoms with Gasteiger partial charge in [0.2, 0.25) is 5.91 Å². The number of halogens is 1. The van der Waals surface area contributed by atoms with Crippen molar-refractivity contribution >= 4 is 57.8 Å². The van der Waals surface area contributed by atoms with Crippen LogP contribution in [0.25, 0.3) is 0 Å². The number of thiocarbonyl (C=S) groups is 1. The van der Waals surface area contributed by atoms with E-state index in [9.17, 15) is 19.7 Å². The van der Waals surface area contributed by atoms with Gasteiger partial charge in [-0.15, -0.1) is 0 Å². The van der Waals surface area contributed by atoms with Crippen molar-refractivity contribution in [1.29, 1.82) is 0 Å². The van der Waals surface area contributed by atoms with E-state index in [1.54, 1.807) is 12.1 Å². The molecule has 2 aromatic rings. The van der Waals surface area contributed by atoms with Gasteiger partial charge >= 0.3 is 0 Å². The summed E-state index contributed by atoms with van der Waals surface area (Å²) >= 11 is 11.4. The Labute approximate surface area is 195 Å². The molecule has 9 nitrogen and oxygen atoms in total. The number of non-ortho nitro benzene ring substituents is 1. The zero-order valence-electron chi connectivity index (χ0n) is 17.3. The molecule has 32 heavy (non-hydrogen) atoms. The Morgan fingerprint density at radius 1 is 1.16 bits per heavy atom. The van der Waals surface area contributed by atoms with Gasteiger partial charge in [0.05, 0.1) is 16.3 Å². The summed E-state index contributed by atoms with van der Waals surface area (Å²) in [6.07, 6.45) is 0.478. The van der Waals surface area contributed by atoms with Crippen LogP contribution in [0.1, 0.15) is 23.7 Å². The average Bonchev–Trinajstić information content (AvgIpc) is 2.78. The first-order valence-electron chi connectivity index (χ1n) is 9.97. The molecule has 0 aliphatic carbocycles. The lowest BCUT2D eigenvalue weighted by atomic mass is 10.2. The molecule has 1 saturated heterocycles. The van der Waals surface area contributed by atoms with Crippen LogP contribution in [0.2, 0.25) is 5.02 Å². The number of nitro benzene ring substituents is 1. The van der Waals surface area contributed by atoms with E-state index in [1.165, 1.54) is 24.3 Å². The summed E-state index contributed by atoms with van der Waals surface area (Å²) in [5.74, 6) is -0.439. The van der Waals surface area contributed by atoms with Gasteiger partial charge in [0.15, 0.2) is 5.11 Å². The highest BCUT2D eigenvalue weighted by Gasteiger charge is 2.22. The first-order chi connectivity index (χ1) is 15.3. The highest BCUT2D eigenvalue weighted by Crippen LogP contribution is 2.30. The van der Waals surface area contributed by atoms with Gasteiger partial charge in [0.25, 0.3) is 11.6 Å². The van der Waals surface area contributed by atoms with Crippen molar-refractivity contribution in [3.63, 3.8) is 0 Å². The molecular weight excluding hydrogens is 454 g/mol. The first kappa shape index (κ1) is 23.4. The van der Waals surface area contributed by atoms with Gasteiger partial charge in [-0.3, -0.25) is 25.0 Å². The summed E-state index contributed by atoms with van der Waals surface area (Å²) in [4.78, 5) is 38.7. The van der Waals surface area contributed by atoms with Gasteiger partial charge in [-0.05, 0) is 36.5 Å². The molecule has 3 rings (SSSR count). The van der Waals surface area contributed by atoms with Crippen LogP contribution in [-0.2, 0) is 4.79 Å². The Morgan fingerprint density at radius 2 is 1.88 bits per heavy atom. The predicted octanol–water partition coefficient (Wildman–Crippen LogP) is 3.43. The molecule has 1 heterocycles. The molecule has 2 N–H and O–H groups in total. The Bertz CT molecular complexity index is 1060. The van der Waals surface area contributed by atoms with Gasteiger partial charge in [0.1, 0.15) is 0 Å². The third-order valence-corrected chi connectivity index (χ3v) is 5.47. The lowest BCUT2D eigenvalue weighted by Crippen LogP contribution is -2.48. The van der Waals surface area contributed by atoms with Crippen LogP contribution in [-0.4, -0.2) is 52.9 Å². The molecule has 11 heteroatoms. The summed E-state index contributed by atoms with van der Waals surface area (Å²) in [7, 11) is 0. The summed E-state index contributed by atoms with van der Waals surface area (Å²) in [5.41, 5.74) is 1.38. The van der Waals surface area contributed by atoms with Gasteiger partial charge in [-0.1, -0.05) is 24.6 Å². The third-order valence-electron chi connectivity index (χ3n) is 5.03. The lowest BCUT2D eigenvalue weighted by Gasteiger charge is -2.37. The van der Waals surface area contributed by atoms with Crippen LogP contribution in [0.5, 0.6) is 0 Å². The van der Waals surface area contributed by atoms with E-state index in [4.69, 9.17) is 23.8 Å². The number of hydrogen-bond donors (Lipinski definition) is 2. The van der Waals surface area contributed by atoms with Gasteiger partial charge in [-0.2, -0.15) is 0 Å². The Kier molecular flexibility index (Phi) is 7.60. The SMILES string of the molecule is CCC(=O)N1CCN(c2ccc(Cl)cc2NC(=S)NC(=O)c2cccc([N+](=O)[O-])c2)CC1. The van der Waals surface area contributed by atoms with Crippen molar-refractivity contribution < 1.29 is 14.5 Å². The molecule has 1 aliphatic heterocycles. The molecular formula is C21H22ClN5O4S. The minimum atomic E-state index is -0.570. The molecule has 2 amide bonds. The maximum Gasteiger partial charge on any atom is 0.270 e. The van der Waals surface area contributed by atoms with Gasteiger partial charge in [-0.25, -0.2) is 0 Å². The van der Waals surface area contributed by atoms with Crippen LogP contribution in [0.3, 0.4) is 0 Å². The minimum absolute atomic E-state index is 0.0322. The van der Waals surface area contributed by atoms with Crippen LogP contribution in [0.4, 0.5) is 17.1 Å². The van der Waals surface area contributed by atoms with Crippen molar-refractivity contribution in [1.82, 2.24) is 10.2 Å². The minimum Gasteiger partial charge on any atom is -0.366 e. The monoisotopic (exact) mass is 475 g/mol. The third kappa shape index (κ3) is 5.71. The molecule has 0 atom stereocenters. The fraction of sp³-hybridized carbons (Fsp3) is 0.286. The van der Waals surface area contributed by atoms with Crippen LogP contribution < -0.4 is 15.5 Å². The zero-order valence-corrected chi connectivity index (χ0v) is 18.9. The number of benzene rings is 2. The standard InChI is InChI=1S/C21H22ClN5O4S/c1-2-19(28)26-10-8-25(9-11-26)18-7-6-15(22)13-17(18)23-21(32)24-20(29)14-4-3-5-16(12-14)27(30)31/h3-7,12-13H,2,8-11H2,1H3,(H2,23,24,29,32). The second-order valence-corrected chi connectivity index (χ2v) is 7.94. The normalized spacial score (nSPS) is 13.4. The van der Waals surface area contributed by atoms with E-state index >= 15 is 0 Å². The van der Waals surface area contributed by atoms with Crippen LogP contribution in [0, 0.1) is 10.1 Å². The maximum absolute atomic E-state index is 12.5. The molecule has 1 aliphatic rings. The first-order valence-corrected chi connectivity index (χ1v) is 10.8. The van der Waals surface area contributed by atoms with E-state index in [1.807, 2.05) is 17.9 Å². The van der Waals surface area contributed by atoms with E-state index in [0.29, 0.717) is 43.3 Å². The molecule has 168 valence electrons. The molecule has 0 saturated carbocycles. The predicted molar refractivity (Wildman–Crippen MR) is 127 cm³/mol. The molecule has 0 aromatic heterocycles. The van der Waals surface area contributed by atoms with Crippen LogP contribution >= 0.6 is 23.8 Å². The molecule has 0 unspecified atom stereocenters. The van der Waals surface area contributed by atoms with Crippen molar-refractivity contribution in [2.24, 2.45) is 0 Å². The Balaban J connectivity index is 1.69. The number of anilines is 2. The van der Waals surface area contributed by atoms with Crippen molar-refractivity contribution in [2.75, 3.05) is 36.4 Å². The maximum atomic E-state index is 12.5. The van der Waals surface area contributed by atoms with Crippen molar-refractivity contribution in [3.05, 3.63) is 63.2 Å². The topological polar surface area (TPSA) is 108 Å². The van der Waals surface area contributed by atoms with Crippen LogP contribution in [0.15, 0.2) is 42.5 Å². The van der Waals surface area contributed by atoms with E-state index < -0.39 is 10.8 Å². The largest absolute Gasteiger partial charge is 0.366 e. The molecule has 0 spiro atoms. The number of carbonyl (C=O) groups is 2. The van der Waals surface area contributed by atoms with E-state index in [-0.39, 0.29) is 22.3 Å². The zero-order chi connectivity index (χ0) is 23.3. The van der Waals surface area contributed by atoms with Gasteiger partial charge < -0.3 is 15.1 Å². The smallest absolute Gasteiger partial charge is 0.270 e. The molecule has 0 radical (unpaired) electrons. The number of piperazine rings is 1. The average molecular weight is 476 g/mol. The number of nitrogens with one attached hydrogen (secondary N) is 2. The quantitative estimate of drug-likeness (QED) is 0.387. The molecule has 1 fully saturated rings. The van der Waals surface area contributed by atoms with Crippen molar-refractivity contribution in [2.45, 2.75) is 13.3 Å². The number of nitro groups is 1. The summed E-state index contributed by atoms with van der Waals surface area (Å²) in [6.45, 7) is 4.37. The summed E-state index contributed by atoms with van der Waals surface area (Å²) in [6, 6.07) is 10.7. The number of amides is 2. The number of rotatable bonds is 5.